The number of rotatable bonds is 6. The first-order valence-electron chi connectivity index (χ1n) is 8.71. The molecule has 0 aromatic heterocycles. The number of ether oxygens (including phenoxy) is 1. The maximum atomic E-state index is 13.0. The van der Waals surface area contributed by atoms with Crippen molar-refractivity contribution < 1.29 is 22.7 Å². The van der Waals surface area contributed by atoms with Gasteiger partial charge >= 0.3 is 5.97 Å². The lowest BCUT2D eigenvalue weighted by atomic mass is 10.1. The predicted molar refractivity (Wildman–Crippen MR) is 105 cm³/mol. The van der Waals surface area contributed by atoms with Gasteiger partial charge < -0.3 is 15.4 Å². The fraction of sp³-hybridized carbons (Fsp3) is 0.200. The van der Waals surface area contributed by atoms with E-state index in [1.165, 1.54) is 6.07 Å². The van der Waals surface area contributed by atoms with Gasteiger partial charge in [-0.25, -0.2) is 8.42 Å². The van der Waals surface area contributed by atoms with Crippen LogP contribution in [0.3, 0.4) is 0 Å². The van der Waals surface area contributed by atoms with Crippen molar-refractivity contribution in [1.82, 2.24) is 5.32 Å². The summed E-state index contributed by atoms with van der Waals surface area (Å²) in [4.78, 5) is 24.2. The predicted octanol–water partition coefficient (Wildman–Crippen LogP) is 2.24. The summed E-state index contributed by atoms with van der Waals surface area (Å²) in [7, 11) is -4.03. The molecule has 2 aromatic rings. The number of hydrogen-bond acceptors (Lipinski definition) is 6. The van der Waals surface area contributed by atoms with Gasteiger partial charge in [0.15, 0.2) is 4.91 Å². The van der Waals surface area contributed by atoms with Crippen LogP contribution in [0, 0.1) is 6.92 Å². The smallest absolute Gasteiger partial charge is 0.325 e. The van der Waals surface area contributed by atoms with E-state index in [4.69, 9.17) is 4.74 Å². The van der Waals surface area contributed by atoms with E-state index < -0.39 is 26.6 Å². The molecule has 3 rings (SSSR count). The van der Waals surface area contributed by atoms with Crippen LogP contribution in [-0.4, -0.2) is 33.4 Å². The molecule has 0 spiro atoms. The number of anilines is 1. The van der Waals surface area contributed by atoms with Crippen LogP contribution in [0.4, 0.5) is 5.69 Å². The Morgan fingerprint density at radius 3 is 2.39 bits per heavy atom. The third kappa shape index (κ3) is 3.77. The van der Waals surface area contributed by atoms with E-state index in [0.29, 0.717) is 11.3 Å². The fourth-order valence-corrected chi connectivity index (χ4v) is 4.57. The number of esters is 1. The van der Waals surface area contributed by atoms with Gasteiger partial charge in [0.05, 0.1) is 17.2 Å². The Balaban J connectivity index is 1.99. The lowest BCUT2D eigenvalue weighted by molar-refractivity contribution is -0.141. The topological polar surface area (TPSA) is 102 Å². The molecular weight excluding hydrogens is 380 g/mol. The summed E-state index contributed by atoms with van der Waals surface area (Å²) in [5.41, 5.74) is 1.92. The fourth-order valence-electron chi connectivity index (χ4n) is 2.88. The Labute approximate surface area is 163 Å². The number of carbonyl (C=O) groups is 2. The summed E-state index contributed by atoms with van der Waals surface area (Å²) < 4.78 is 30.8. The van der Waals surface area contributed by atoms with Gasteiger partial charge in [-0.2, -0.15) is 0 Å². The average Bonchev–Trinajstić information content (AvgIpc) is 2.89. The molecule has 1 aliphatic rings. The van der Waals surface area contributed by atoms with E-state index in [0.717, 1.165) is 5.56 Å². The van der Waals surface area contributed by atoms with Crippen molar-refractivity contribution in [2.45, 2.75) is 18.7 Å². The van der Waals surface area contributed by atoms with Crippen LogP contribution in [0.1, 0.15) is 18.1 Å². The lowest BCUT2D eigenvalue weighted by Crippen LogP contribution is -2.27. The average molecular weight is 400 g/mol. The summed E-state index contributed by atoms with van der Waals surface area (Å²) >= 11 is 0. The Kier molecular flexibility index (Phi) is 5.51. The second kappa shape index (κ2) is 7.85. The molecule has 28 heavy (non-hydrogen) atoms. The molecule has 1 heterocycles. The molecule has 2 aromatic carbocycles. The molecule has 0 bridgehead atoms. The zero-order chi connectivity index (χ0) is 20.3. The molecule has 0 fully saturated rings. The number of fused-ring (bicyclic) bond motifs is 1. The molecular formula is C20H20N2O5S. The van der Waals surface area contributed by atoms with Gasteiger partial charge in [-0.1, -0.05) is 35.9 Å². The SMILES string of the molecule is CCOC(=O)CNC1=C(C(=O)Nc2ccc(C)cc2)S(=O)(=O)c2ccccc21. The van der Waals surface area contributed by atoms with Crippen LogP contribution < -0.4 is 10.6 Å². The maximum absolute atomic E-state index is 13.0. The van der Waals surface area contributed by atoms with E-state index in [9.17, 15) is 18.0 Å². The van der Waals surface area contributed by atoms with Gasteiger partial charge in [0.2, 0.25) is 9.84 Å². The van der Waals surface area contributed by atoms with E-state index >= 15 is 0 Å². The quantitative estimate of drug-likeness (QED) is 0.721. The Morgan fingerprint density at radius 2 is 1.71 bits per heavy atom. The number of aryl methyl sites for hydroxylation is 1. The van der Waals surface area contributed by atoms with Crippen LogP contribution in [-0.2, 0) is 24.2 Å². The number of amides is 1. The van der Waals surface area contributed by atoms with Crippen molar-refractivity contribution >= 4 is 33.1 Å². The molecule has 0 saturated heterocycles. The minimum atomic E-state index is -4.03. The van der Waals surface area contributed by atoms with Crippen molar-refractivity contribution in [2.75, 3.05) is 18.5 Å². The zero-order valence-corrected chi connectivity index (χ0v) is 16.3. The normalized spacial score (nSPS) is 14.4. The monoisotopic (exact) mass is 400 g/mol. The van der Waals surface area contributed by atoms with Gasteiger partial charge in [-0.3, -0.25) is 9.59 Å². The largest absolute Gasteiger partial charge is 0.465 e. The first-order chi connectivity index (χ1) is 13.3. The van der Waals surface area contributed by atoms with Crippen LogP contribution >= 0.6 is 0 Å². The van der Waals surface area contributed by atoms with Crippen LogP contribution in [0.15, 0.2) is 58.3 Å². The summed E-state index contributed by atoms with van der Waals surface area (Å²) in [6, 6.07) is 13.3. The number of hydrogen-bond donors (Lipinski definition) is 2. The Morgan fingerprint density at radius 1 is 1.04 bits per heavy atom. The number of nitrogens with one attached hydrogen (secondary N) is 2. The third-order valence-corrected chi connectivity index (χ3v) is 6.03. The Bertz CT molecular complexity index is 1060. The van der Waals surface area contributed by atoms with E-state index in [2.05, 4.69) is 10.6 Å². The lowest BCUT2D eigenvalue weighted by Gasteiger charge is -2.11. The van der Waals surface area contributed by atoms with E-state index in [1.807, 2.05) is 19.1 Å². The highest BCUT2D eigenvalue weighted by Crippen LogP contribution is 2.38. The van der Waals surface area contributed by atoms with Gasteiger partial charge in [-0.05, 0) is 32.0 Å². The zero-order valence-electron chi connectivity index (χ0n) is 15.5. The standard InChI is InChI=1S/C20H20N2O5S/c1-3-27-17(23)12-21-18-15-6-4-5-7-16(15)28(25,26)19(18)20(24)22-14-10-8-13(2)9-11-14/h4-11,21H,3,12H2,1-2H3,(H,22,24). The van der Waals surface area contributed by atoms with Crippen molar-refractivity contribution in [1.29, 1.82) is 0 Å². The summed E-state index contributed by atoms with van der Waals surface area (Å²) in [5.74, 6) is -1.32. The van der Waals surface area contributed by atoms with Gasteiger partial charge in [0, 0.05) is 11.3 Å². The van der Waals surface area contributed by atoms with E-state index in [-0.39, 0.29) is 23.7 Å². The molecule has 8 heteroatoms. The molecule has 2 N–H and O–H groups in total. The summed E-state index contributed by atoms with van der Waals surface area (Å²) in [6.45, 7) is 3.53. The number of carbonyl (C=O) groups excluding carboxylic acids is 2. The Hall–Kier alpha value is -3.13. The maximum Gasteiger partial charge on any atom is 0.325 e. The summed E-state index contributed by atoms with van der Waals surface area (Å²) in [6.07, 6.45) is 0. The molecule has 7 nitrogen and oxygen atoms in total. The van der Waals surface area contributed by atoms with Crippen molar-refractivity contribution in [3.63, 3.8) is 0 Å². The van der Waals surface area contributed by atoms with Gasteiger partial charge in [0.1, 0.15) is 6.54 Å². The van der Waals surface area contributed by atoms with Gasteiger partial charge in [0.25, 0.3) is 5.91 Å². The first-order valence-corrected chi connectivity index (χ1v) is 10.2. The van der Waals surface area contributed by atoms with Crippen LogP contribution in [0.25, 0.3) is 5.70 Å². The second-order valence-corrected chi connectivity index (χ2v) is 8.04. The molecule has 0 aliphatic carbocycles. The molecule has 1 amide bonds. The second-order valence-electron chi connectivity index (χ2n) is 6.18. The van der Waals surface area contributed by atoms with Crippen molar-refractivity contribution in [2.24, 2.45) is 0 Å². The highest BCUT2D eigenvalue weighted by molar-refractivity contribution is 7.97. The van der Waals surface area contributed by atoms with Gasteiger partial charge in [-0.15, -0.1) is 0 Å². The minimum Gasteiger partial charge on any atom is -0.465 e. The van der Waals surface area contributed by atoms with E-state index in [1.54, 1.807) is 37.3 Å². The highest BCUT2D eigenvalue weighted by Gasteiger charge is 2.40. The first kappa shape index (κ1) is 19.6. The third-order valence-electron chi connectivity index (χ3n) is 4.17. The number of sulfone groups is 1. The van der Waals surface area contributed by atoms with Crippen molar-refractivity contribution in [3.05, 3.63) is 64.6 Å². The molecule has 0 saturated carbocycles. The molecule has 1 aliphatic heterocycles. The highest BCUT2D eigenvalue weighted by atomic mass is 32.2. The van der Waals surface area contributed by atoms with Crippen molar-refractivity contribution in [3.8, 4) is 0 Å². The molecule has 0 atom stereocenters. The molecule has 146 valence electrons. The molecule has 0 radical (unpaired) electrons. The minimum absolute atomic E-state index is 0.0235. The summed E-state index contributed by atoms with van der Waals surface area (Å²) in [5, 5.41) is 5.38. The van der Waals surface area contributed by atoms with Crippen LogP contribution in [0.2, 0.25) is 0 Å². The van der Waals surface area contributed by atoms with Crippen LogP contribution in [0.5, 0.6) is 0 Å². The number of benzene rings is 2. The molecule has 0 unspecified atom stereocenters.